The molecule has 3 nitrogen and oxygen atoms in total. The Hall–Kier alpha value is -1.48. The Bertz CT molecular complexity index is 462. The highest BCUT2D eigenvalue weighted by Crippen LogP contribution is 2.21. The lowest BCUT2D eigenvalue weighted by molar-refractivity contribution is 0.880. The van der Waals surface area contributed by atoms with Gasteiger partial charge in [0.2, 0.25) is 0 Å². The number of hydrogen-bond donors (Lipinski definition) is 1. The number of nitrogen functional groups attached to an aromatic ring is 1. The first-order valence-electron chi connectivity index (χ1n) is 4.24. The molecule has 1 heterocycles. The summed E-state index contributed by atoms with van der Waals surface area (Å²) in [6.45, 7) is 2.02. The van der Waals surface area contributed by atoms with Crippen LogP contribution in [-0.2, 0) is 0 Å². The smallest absolute Gasteiger partial charge is 0.155 e. The molecule has 0 bridgehead atoms. The van der Waals surface area contributed by atoms with Gasteiger partial charge in [-0.25, -0.2) is 4.68 Å². The van der Waals surface area contributed by atoms with Crippen LogP contribution in [0.3, 0.4) is 0 Å². The van der Waals surface area contributed by atoms with Gasteiger partial charge in [-0.3, -0.25) is 0 Å². The van der Waals surface area contributed by atoms with E-state index in [9.17, 15) is 0 Å². The lowest BCUT2D eigenvalue weighted by Crippen LogP contribution is -1.96. The number of anilines is 1. The van der Waals surface area contributed by atoms with Crippen molar-refractivity contribution in [2.75, 3.05) is 5.73 Å². The Balaban J connectivity index is 2.55. The van der Waals surface area contributed by atoms with Gasteiger partial charge in [0.1, 0.15) is 0 Å². The van der Waals surface area contributed by atoms with Crippen LogP contribution in [-0.4, -0.2) is 9.78 Å². The van der Waals surface area contributed by atoms with E-state index in [0.29, 0.717) is 10.8 Å². The van der Waals surface area contributed by atoms with Gasteiger partial charge in [0.05, 0.1) is 17.6 Å². The van der Waals surface area contributed by atoms with Crippen LogP contribution in [0.15, 0.2) is 30.5 Å². The molecular weight excluding hydrogens is 198 g/mol. The van der Waals surface area contributed by atoms with Gasteiger partial charge in [-0.2, -0.15) is 5.10 Å². The second-order valence-corrected chi connectivity index (χ2v) is 3.50. The van der Waals surface area contributed by atoms with E-state index in [0.717, 1.165) is 11.3 Å². The van der Waals surface area contributed by atoms with Crippen LogP contribution in [0.2, 0.25) is 5.15 Å². The van der Waals surface area contributed by atoms with Gasteiger partial charge in [0.15, 0.2) is 5.15 Å². The van der Waals surface area contributed by atoms with Crippen molar-refractivity contribution in [3.8, 4) is 5.69 Å². The van der Waals surface area contributed by atoms with Gasteiger partial charge in [-0.1, -0.05) is 23.7 Å². The summed E-state index contributed by atoms with van der Waals surface area (Å²) in [4.78, 5) is 0. The van der Waals surface area contributed by atoms with E-state index >= 15 is 0 Å². The first kappa shape index (κ1) is 9.09. The molecule has 1 aromatic heterocycles. The summed E-state index contributed by atoms with van der Waals surface area (Å²) in [7, 11) is 0. The summed E-state index contributed by atoms with van der Waals surface area (Å²) < 4.78 is 1.61. The molecule has 0 radical (unpaired) electrons. The molecule has 0 saturated carbocycles. The van der Waals surface area contributed by atoms with Crippen LogP contribution in [0.25, 0.3) is 5.69 Å². The van der Waals surface area contributed by atoms with Gasteiger partial charge in [0, 0.05) is 0 Å². The SMILES string of the molecule is Cc1cccc(-n2ncc(N)c2Cl)c1. The van der Waals surface area contributed by atoms with Crippen molar-refractivity contribution in [2.24, 2.45) is 0 Å². The second-order valence-electron chi connectivity index (χ2n) is 3.14. The number of aromatic nitrogens is 2. The van der Waals surface area contributed by atoms with Crippen LogP contribution >= 0.6 is 11.6 Å². The molecule has 0 unspecified atom stereocenters. The summed E-state index contributed by atoms with van der Waals surface area (Å²) in [5.41, 5.74) is 8.18. The quantitative estimate of drug-likeness (QED) is 0.781. The number of nitrogens with zero attached hydrogens (tertiary/aromatic N) is 2. The molecule has 0 amide bonds. The first-order chi connectivity index (χ1) is 6.68. The third-order valence-corrected chi connectivity index (χ3v) is 2.36. The first-order valence-corrected chi connectivity index (χ1v) is 4.62. The van der Waals surface area contributed by atoms with Crippen molar-refractivity contribution in [1.29, 1.82) is 0 Å². The van der Waals surface area contributed by atoms with E-state index in [1.165, 1.54) is 0 Å². The van der Waals surface area contributed by atoms with Crippen LogP contribution in [0, 0.1) is 6.92 Å². The molecule has 0 fully saturated rings. The predicted molar refractivity (Wildman–Crippen MR) is 57.7 cm³/mol. The van der Waals surface area contributed by atoms with Crippen molar-refractivity contribution < 1.29 is 0 Å². The van der Waals surface area contributed by atoms with E-state index in [4.69, 9.17) is 17.3 Å². The highest BCUT2D eigenvalue weighted by atomic mass is 35.5. The minimum Gasteiger partial charge on any atom is -0.395 e. The molecule has 4 heteroatoms. The fraction of sp³-hybridized carbons (Fsp3) is 0.100. The highest BCUT2D eigenvalue weighted by Gasteiger charge is 2.06. The standard InChI is InChI=1S/C10H10ClN3/c1-7-3-2-4-8(5-7)14-10(11)9(12)6-13-14/h2-6H,12H2,1H3. The number of halogens is 1. The Labute approximate surface area is 87.1 Å². The molecule has 0 spiro atoms. The third-order valence-electron chi connectivity index (χ3n) is 1.98. The molecule has 0 aliphatic carbocycles. The molecule has 14 heavy (non-hydrogen) atoms. The molecule has 0 aliphatic heterocycles. The molecule has 0 saturated heterocycles. The number of hydrogen-bond acceptors (Lipinski definition) is 2. The summed E-state index contributed by atoms with van der Waals surface area (Å²) >= 11 is 5.97. The zero-order valence-corrected chi connectivity index (χ0v) is 8.49. The Morgan fingerprint density at radius 2 is 2.21 bits per heavy atom. The van der Waals surface area contributed by atoms with Crippen molar-refractivity contribution in [2.45, 2.75) is 6.92 Å². The van der Waals surface area contributed by atoms with Gasteiger partial charge in [-0.15, -0.1) is 0 Å². The zero-order chi connectivity index (χ0) is 10.1. The number of benzene rings is 1. The van der Waals surface area contributed by atoms with Crippen molar-refractivity contribution in [3.05, 3.63) is 41.2 Å². The molecule has 2 rings (SSSR count). The zero-order valence-electron chi connectivity index (χ0n) is 7.74. The lowest BCUT2D eigenvalue weighted by Gasteiger charge is -2.03. The van der Waals surface area contributed by atoms with Gasteiger partial charge in [-0.05, 0) is 24.6 Å². The minimum atomic E-state index is 0.454. The summed E-state index contributed by atoms with van der Waals surface area (Å²) in [5, 5.41) is 4.54. The van der Waals surface area contributed by atoms with Crippen LogP contribution in [0.4, 0.5) is 5.69 Å². The predicted octanol–water partition coefficient (Wildman–Crippen LogP) is 2.42. The van der Waals surface area contributed by atoms with Crippen molar-refractivity contribution in [3.63, 3.8) is 0 Å². The third kappa shape index (κ3) is 1.46. The second kappa shape index (κ2) is 3.35. The van der Waals surface area contributed by atoms with Crippen molar-refractivity contribution in [1.82, 2.24) is 9.78 Å². The average Bonchev–Trinajstić information content (AvgIpc) is 2.48. The fourth-order valence-corrected chi connectivity index (χ4v) is 1.48. The number of nitrogens with two attached hydrogens (primary N) is 1. The maximum atomic E-state index is 5.97. The molecule has 0 aliphatic rings. The molecule has 2 aromatic rings. The highest BCUT2D eigenvalue weighted by molar-refractivity contribution is 6.32. The van der Waals surface area contributed by atoms with Gasteiger partial charge < -0.3 is 5.73 Å². The van der Waals surface area contributed by atoms with E-state index < -0.39 is 0 Å². The Morgan fingerprint density at radius 1 is 1.43 bits per heavy atom. The maximum absolute atomic E-state index is 5.97. The number of rotatable bonds is 1. The molecule has 0 atom stereocenters. The largest absolute Gasteiger partial charge is 0.395 e. The maximum Gasteiger partial charge on any atom is 0.155 e. The Morgan fingerprint density at radius 3 is 2.79 bits per heavy atom. The van der Waals surface area contributed by atoms with E-state index in [1.807, 2.05) is 31.2 Å². The monoisotopic (exact) mass is 207 g/mol. The molecule has 72 valence electrons. The van der Waals surface area contributed by atoms with Crippen LogP contribution in [0.1, 0.15) is 5.56 Å². The van der Waals surface area contributed by atoms with Crippen molar-refractivity contribution >= 4 is 17.3 Å². The average molecular weight is 208 g/mol. The molecule has 1 aromatic carbocycles. The van der Waals surface area contributed by atoms with E-state index in [2.05, 4.69) is 5.10 Å². The summed E-state index contributed by atoms with van der Waals surface area (Å²) in [6, 6.07) is 7.91. The number of aryl methyl sites for hydroxylation is 1. The topological polar surface area (TPSA) is 43.8 Å². The Kier molecular flexibility index (Phi) is 2.17. The summed E-state index contributed by atoms with van der Waals surface area (Å²) in [6.07, 6.45) is 1.55. The summed E-state index contributed by atoms with van der Waals surface area (Å²) in [5.74, 6) is 0. The van der Waals surface area contributed by atoms with Crippen LogP contribution < -0.4 is 5.73 Å². The normalized spacial score (nSPS) is 10.4. The fourth-order valence-electron chi connectivity index (χ4n) is 1.29. The minimum absolute atomic E-state index is 0.454. The van der Waals surface area contributed by atoms with E-state index in [-0.39, 0.29) is 0 Å². The van der Waals surface area contributed by atoms with E-state index in [1.54, 1.807) is 10.9 Å². The van der Waals surface area contributed by atoms with Gasteiger partial charge in [0.25, 0.3) is 0 Å². The van der Waals surface area contributed by atoms with Crippen LogP contribution in [0.5, 0.6) is 0 Å². The molecular formula is C10H10ClN3. The lowest BCUT2D eigenvalue weighted by atomic mass is 10.2. The molecule has 2 N–H and O–H groups in total. The van der Waals surface area contributed by atoms with Gasteiger partial charge >= 0.3 is 0 Å².